The van der Waals surface area contributed by atoms with Gasteiger partial charge in [-0.1, -0.05) is 24.3 Å². The molecule has 0 saturated carbocycles. The van der Waals surface area contributed by atoms with E-state index in [1.54, 1.807) is 12.3 Å². The molecule has 1 heterocycles. The van der Waals surface area contributed by atoms with Crippen LogP contribution >= 0.6 is 0 Å². The zero-order valence-electron chi connectivity index (χ0n) is 15.4. The molecular weight excluding hydrogens is 368 g/mol. The highest BCUT2D eigenvalue weighted by Crippen LogP contribution is 2.26. The molecule has 2 aromatic carbocycles. The Morgan fingerprint density at radius 3 is 2.71 bits per heavy atom. The molecule has 0 radical (unpaired) electrons. The summed E-state index contributed by atoms with van der Waals surface area (Å²) < 4.78 is 36.6. The van der Waals surface area contributed by atoms with Gasteiger partial charge in [0.05, 0.1) is 5.69 Å². The summed E-state index contributed by atoms with van der Waals surface area (Å²) >= 11 is 0. The van der Waals surface area contributed by atoms with Gasteiger partial charge in [0.25, 0.3) is 5.91 Å². The van der Waals surface area contributed by atoms with Crippen LogP contribution in [0.2, 0.25) is 0 Å². The fourth-order valence-corrected chi connectivity index (χ4v) is 2.51. The van der Waals surface area contributed by atoms with Crippen LogP contribution in [0.1, 0.15) is 21.6 Å². The number of amides is 1. The molecule has 0 aliphatic rings. The molecule has 28 heavy (non-hydrogen) atoms. The third-order valence-corrected chi connectivity index (χ3v) is 3.92. The minimum absolute atomic E-state index is 0.122. The molecule has 0 aliphatic carbocycles. The smallest absolute Gasteiger partial charge is 0.387 e. The summed E-state index contributed by atoms with van der Waals surface area (Å²) in [4.78, 5) is 12.4. The summed E-state index contributed by atoms with van der Waals surface area (Å²) in [6.45, 7) is 1.05. The first-order valence-corrected chi connectivity index (χ1v) is 8.51. The Morgan fingerprint density at radius 1 is 1.14 bits per heavy atom. The largest absolute Gasteiger partial charge is 0.471 e. The van der Waals surface area contributed by atoms with Crippen LogP contribution in [0.4, 0.5) is 14.5 Å². The summed E-state index contributed by atoms with van der Waals surface area (Å²) in [6, 6.07) is 13.3. The zero-order chi connectivity index (χ0) is 20.1. The van der Waals surface area contributed by atoms with Gasteiger partial charge in [-0.3, -0.25) is 4.79 Å². The van der Waals surface area contributed by atoms with Gasteiger partial charge < -0.3 is 14.8 Å². The van der Waals surface area contributed by atoms with Crippen LogP contribution in [0.15, 0.2) is 54.7 Å². The number of hydrogen-bond donors (Lipinski definition) is 1. The first-order chi connectivity index (χ1) is 13.4. The predicted molar refractivity (Wildman–Crippen MR) is 99.8 cm³/mol. The molecule has 6 nitrogen and oxygen atoms in total. The first kappa shape index (κ1) is 19.3. The molecule has 3 rings (SSSR count). The minimum atomic E-state index is -2.99. The van der Waals surface area contributed by atoms with Gasteiger partial charge in [0.2, 0.25) is 0 Å². The minimum Gasteiger partial charge on any atom is -0.471 e. The Kier molecular flexibility index (Phi) is 5.88. The summed E-state index contributed by atoms with van der Waals surface area (Å²) in [5.74, 6) is 0.0684. The van der Waals surface area contributed by atoms with E-state index in [4.69, 9.17) is 4.74 Å². The van der Waals surface area contributed by atoms with Crippen molar-refractivity contribution in [1.82, 2.24) is 9.78 Å². The van der Waals surface area contributed by atoms with E-state index in [0.29, 0.717) is 0 Å². The van der Waals surface area contributed by atoms with E-state index < -0.39 is 12.5 Å². The average molecular weight is 387 g/mol. The molecule has 0 bridgehead atoms. The molecule has 0 aliphatic heterocycles. The second-order valence-electron chi connectivity index (χ2n) is 6.11. The van der Waals surface area contributed by atoms with Crippen LogP contribution in [-0.2, 0) is 6.73 Å². The van der Waals surface area contributed by atoms with Crippen LogP contribution in [0.25, 0.3) is 0 Å². The second-order valence-corrected chi connectivity index (χ2v) is 6.11. The van der Waals surface area contributed by atoms with Crippen molar-refractivity contribution in [2.24, 2.45) is 0 Å². The molecule has 3 aromatic rings. The van der Waals surface area contributed by atoms with Crippen LogP contribution < -0.4 is 14.8 Å². The monoisotopic (exact) mass is 387 g/mol. The van der Waals surface area contributed by atoms with E-state index in [1.165, 1.54) is 28.9 Å². The molecule has 0 fully saturated rings. The van der Waals surface area contributed by atoms with Crippen molar-refractivity contribution in [2.75, 3.05) is 5.32 Å². The number of aryl methyl sites for hydroxylation is 2. The number of aromatic nitrogens is 2. The summed E-state index contributed by atoms with van der Waals surface area (Å²) in [7, 11) is 0. The number of hydrogen-bond acceptors (Lipinski definition) is 4. The van der Waals surface area contributed by atoms with Gasteiger partial charge in [0.15, 0.2) is 12.4 Å². The van der Waals surface area contributed by atoms with E-state index >= 15 is 0 Å². The highest BCUT2D eigenvalue weighted by molar-refractivity contribution is 6.03. The fourth-order valence-electron chi connectivity index (χ4n) is 2.51. The molecule has 1 N–H and O–H groups in total. The number of nitrogens with one attached hydrogen (secondary N) is 1. The lowest BCUT2D eigenvalue weighted by Crippen LogP contribution is -2.15. The van der Waals surface area contributed by atoms with Gasteiger partial charge in [-0.2, -0.15) is 13.9 Å². The number of alkyl halides is 2. The van der Waals surface area contributed by atoms with Crippen LogP contribution in [-0.4, -0.2) is 22.3 Å². The van der Waals surface area contributed by atoms with Gasteiger partial charge in [-0.15, -0.1) is 0 Å². The number of para-hydroxylation sites is 2. The summed E-state index contributed by atoms with van der Waals surface area (Å²) in [6.07, 6.45) is 1.60. The van der Waals surface area contributed by atoms with Crippen molar-refractivity contribution in [2.45, 2.75) is 27.2 Å². The molecular formula is C20H19F2N3O3. The molecule has 1 aromatic heterocycles. The van der Waals surface area contributed by atoms with Crippen molar-refractivity contribution in [3.63, 3.8) is 0 Å². The number of ether oxygens (including phenoxy) is 2. The molecule has 0 unspecified atom stereocenters. The van der Waals surface area contributed by atoms with E-state index in [-0.39, 0.29) is 23.9 Å². The Morgan fingerprint density at radius 2 is 1.93 bits per heavy atom. The summed E-state index contributed by atoms with van der Waals surface area (Å²) in [5, 5.41) is 6.68. The Labute approximate surface area is 160 Å². The number of benzene rings is 2. The lowest BCUT2D eigenvalue weighted by Gasteiger charge is -2.11. The normalized spacial score (nSPS) is 10.8. The maximum atomic E-state index is 12.5. The van der Waals surface area contributed by atoms with Gasteiger partial charge in [-0.05, 0) is 49.2 Å². The van der Waals surface area contributed by atoms with Crippen molar-refractivity contribution < 1.29 is 23.0 Å². The maximum absolute atomic E-state index is 12.5. The number of carbonyl (C=O) groups excluding carboxylic acids is 1. The van der Waals surface area contributed by atoms with Crippen LogP contribution in [0.5, 0.6) is 11.5 Å². The fraction of sp³-hybridized carbons (Fsp3) is 0.200. The van der Waals surface area contributed by atoms with Gasteiger partial charge in [-0.25, -0.2) is 4.68 Å². The van der Waals surface area contributed by atoms with E-state index in [1.807, 2.05) is 32.0 Å². The zero-order valence-corrected chi connectivity index (χ0v) is 15.4. The quantitative estimate of drug-likeness (QED) is 0.653. The Hall–Kier alpha value is -3.42. The van der Waals surface area contributed by atoms with Crippen molar-refractivity contribution >= 4 is 11.6 Å². The number of carbonyl (C=O) groups is 1. The highest BCUT2D eigenvalue weighted by Gasteiger charge is 2.15. The first-order valence-electron chi connectivity index (χ1n) is 8.51. The standard InChI is InChI=1S/C20H19F2N3O3/c1-13-7-8-14(2)18(11-13)27-12-25-10-9-16(24-25)19(26)23-15-5-3-4-6-17(15)28-20(21)22/h3-11,20H,12H2,1-2H3,(H,23,26). The third-order valence-electron chi connectivity index (χ3n) is 3.92. The van der Waals surface area contributed by atoms with Crippen molar-refractivity contribution in [1.29, 1.82) is 0 Å². The van der Waals surface area contributed by atoms with E-state index in [0.717, 1.165) is 16.9 Å². The number of rotatable bonds is 7. The Bertz CT molecular complexity index is 973. The third kappa shape index (κ3) is 4.85. The van der Waals surface area contributed by atoms with Crippen molar-refractivity contribution in [3.05, 3.63) is 71.5 Å². The molecule has 8 heteroatoms. The predicted octanol–water partition coefficient (Wildman–Crippen LogP) is 4.39. The van der Waals surface area contributed by atoms with Crippen molar-refractivity contribution in [3.8, 4) is 11.5 Å². The Balaban J connectivity index is 1.65. The van der Waals surface area contributed by atoms with Crippen LogP contribution in [0, 0.1) is 13.8 Å². The number of halogens is 2. The lowest BCUT2D eigenvalue weighted by atomic mass is 10.1. The molecule has 146 valence electrons. The number of anilines is 1. The highest BCUT2D eigenvalue weighted by atomic mass is 19.3. The van der Waals surface area contributed by atoms with Gasteiger partial charge in [0.1, 0.15) is 11.5 Å². The average Bonchev–Trinajstić information content (AvgIpc) is 3.13. The number of nitrogens with zero attached hydrogens (tertiary/aromatic N) is 2. The van der Waals surface area contributed by atoms with Gasteiger partial charge in [0, 0.05) is 6.20 Å². The van der Waals surface area contributed by atoms with E-state index in [9.17, 15) is 13.6 Å². The molecule has 0 spiro atoms. The van der Waals surface area contributed by atoms with Crippen LogP contribution in [0.3, 0.4) is 0 Å². The molecule has 1 amide bonds. The summed E-state index contributed by atoms with van der Waals surface area (Å²) in [5.41, 5.74) is 2.32. The van der Waals surface area contributed by atoms with E-state index in [2.05, 4.69) is 15.2 Å². The topological polar surface area (TPSA) is 65.4 Å². The molecule has 0 saturated heterocycles. The molecule has 0 atom stereocenters. The maximum Gasteiger partial charge on any atom is 0.387 e. The second kappa shape index (κ2) is 8.51. The SMILES string of the molecule is Cc1ccc(C)c(OCn2ccc(C(=O)Nc3ccccc3OC(F)F)n2)c1. The van der Waals surface area contributed by atoms with Gasteiger partial charge >= 0.3 is 6.61 Å². The lowest BCUT2D eigenvalue weighted by molar-refractivity contribution is -0.0493.